The van der Waals surface area contributed by atoms with E-state index in [1.54, 1.807) is 30.3 Å². The molecule has 0 aliphatic rings. The van der Waals surface area contributed by atoms with Crippen LogP contribution in [0.15, 0.2) is 60.7 Å². The Balaban J connectivity index is 1.77. The van der Waals surface area contributed by atoms with Crippen molar-refractivity contribution in [3.05, 3.63) is 71.8 Å². The van der Waals surface area contributed by atoms with Crippen LogP contribution >= 0.6 is 0 Å². The average Bonchev–Trinajstić information content (AvgIpc) is 2.78. The zero-order valence-corrected chi connectivity index (χ0v) is 17.7. The van der Waals surface area contributed by atoms with Crippen LogP contribution in [0.5, 0.6) is 17.2 Å². The molecule has 32 heavy (non-hydrogen) atoms. The molecule has 3 rings (SSSR count). The van der Waals surface area contributed by atoms with E-state index in [2.05, 4.69) is 5.32 Å². The van der Waals surface area contributed by atoms with Crippen LogP contribution in [-0.4, -0.2) is 27.2 Å². The number of nitrogens with one attached hydrogen (secondary N) is 1. The fourth-order valence-electron chi connectivity index (χ4n) is 3.40. The summed E-state index contributed by atoms with van der Waals surface area (Å²) in [6.07, 6.45) is -4.45. The Morgan fingerprint density at radius 1 is 0.844 bits per heavy atom. The Morgan fingerprint density at radius 3 is 2.09 bits per heavy atom. The molecule has 0 aliphatic carbocycles. The molecule has 0 saturated heterocycles. The number of anilines is 1. The summed E-state index contributed by atoms with van der Waals surface area (Å²) in [5.74, 6) is 0.927. The number of ether oxygens (including phenoxy) is 3. The molecular weight excluding hydrogens is 423 g/mol. The number of hydrogen-bond donors (Lipinski definition) is 1. The van der Waals surface area contributed by atoms with Gasteiger partial charge in [-0.1, -0.05) is 36.4 Å². The maximum Gasteiger partial charge on any atom is 0.417 e. The lowest BCUT2D eigenvalue weighted by molar-refractivity contribution is -0.137. The molecule has 0 bridgehead atoms. The van der Waals surface area contributed by atoms with E-state index in [0.29, 0.717) is 34.1 Å². The molecule has 1 amide bonds. The summed E-state index contributed by atoms with van der Waals surface area (Å²) >= 11 is 0. The first-order chi connectivity index (χ1) is 15.3. The normalized spacial score (nSPS) is 11.1. The minimum Gasteiger partial charge on any atom is -0.493 e. The Labute approximate surface area is 183 Å². The molecule has 168 valence electrons. The van der Waals surface area contributed by atoms with E-state index in [9.17, 15) is 18.0 Å². The summed E-state index contributed by atoms with van der Waals surface area (Å²) in [5, 5.41) is 2.74. The summed E-state index contributed by atoms with van der Waals surface area (Å²) in [6.45, 7) is 0. The van der Waals surface area contributed by atoms with E-state index >= 15 is 0 Å². The maximum atomic E-state index is 13.3. The quantitative estimate of drug-likeness (QED) is 0.516. The number of rotatable bonds is 7. The van der Waals surface area contributed by atoms with Crippen LogP contribution in [0.1, 0.15) is 11.1 Å². The van der Waals surface area contributed by atoms with Crippen LogP contribution in [0.25, 0.3) is 11.1 Å². The van der Waals surface area contributed by atoms with Gasteiger partial charge in [0.15, 0.2) is 11.5 Å². The van der Waals surface area contributed by atoms with Crippen LogP contribution in [0.2, 0.25) is 0 Å². The largest absolute Gasteiger partial charge is 0.493 e. The highest BCUT2D eigenvalue weighted by atomic mass is 19.4. The van der Waals surface area contributed by atoms with Crippen molar-refractivity contribution >= 4 is 11.6 Å². The maximum absolute atomic E-state index is 13.3. The van der Waals surface area contributed by atoms with Crippen molar-refractivity contribution in [3.63, 3.8) is 0 Å². The molecule has 0 spiro atoms. The number of benzene rings is 3. The Morgan fingerprint density at radius 2 is 1.50 bits per heavy atom. The summed E-state index contributed by atoms with van der Waals surface area (Å²) in [7, 11) is 4.44. The highest BCUT2D eigenvalue weighted by molar-refractivity contribution is 5.93. The molecule has 0 fully saturated rings. The highest BCUT2D eigenvalue weighted by Crippen LogP contribution is 2.40. The number of halogens is 3. The molecule has 5 nitrogen and oxygen atoms in total. The smallest absolute Gasteiger partial charge is 0.417 e. The van der Waals surface area contributed by atoms with Crippen molar-refractivity contribution < 1.29 is 32.2 Å². The van der Waals surface area contributed by atoms with Crippen molar-refractivity contribution in [3.8, 4) is 28.4 Å². The van der Waals surface area contributed by atoms with Gasteiger partial charge in [0, 0.05) is 11.3 Å². The summed E-state index contributed by atoms with van der Waals surface area (Å²) in [4.78, 5) is 12.6. The van der Waals surface area contributed by atoms with E-state index in [-0.39, 0.29) is 17.9 Å². The fourth-order valence-corrected chi connectivity index (χ4v) is 3.40. The van der Waals surface area contributed by atoms with Gasteiger partial charge in [0.1, 0.15) is 0 Å². The molecule has 0 aliphatic heterocycles. The summed E-state index contributed by atoms with van der Waals surface area (Å²) in [6, 6.07) is 14.9. The Hall–Kier alpha value is -3.68. The number of alkyl halides is 3. The predicted octanol–water partition coefficient (Wildman–Crippen LogP) is 5.58. The Bertz CT molecular complexity index is 1100. The second-order valence-corrected chi connectivity index (χ2v) is 6.84. The number of methoxy groups -OCH3 is 3. The Kier molecular flexibility index (Phi) is 6.92. The monoisotopic (exact) mass is 445 g/mol. The van der Waals surface area contributed by atoms with Crippen LogP contribution < -0.4 is 19.5 Å². The second kappa shape index (κ2) is 9.64. The zero-order valence-electron chi connectivity index (χ0n) is 17.7. The lowest BCUT2D eigenvalue weighted by atomic mass is 9.99. The van der Waals surface area contributed by atoms with E-state index < -0.39 is 11.7 Å². The third-order valence-corrected chi connectivity index (χ3v) is 4.85. The molecular formula is C24H22F3NO4. The fraction of sp³-hybridized carbons (Fsp3) is 0.208. The van der Waals surface area contributed by atoms with Crippen LogP contribution in [-0.2, 0) is 17.4 Å². The van der Waals surface area contributed by atoms with Gasteiger partial charge in [0.2, 0.25) is 11.7 Å². The molecule has 3 aromatic rings. The van der Waals surface area contributed by atoms with E-state index in [1.165, 1.54) is 45.6 Å². The van der Waals surface area contributed by atoms with Crippen molar-refractivity contribution in [1.82, 2.24) is 0 Å². The van der Waals surface area contributed by atoms with Crippen molar-refractivity contribution in [2.45, 2.75) is 12.6 Å². The van der Waals surface area contributed by atoms with Crippen molar-refractivity contribution in [1.29, 1.82) is 0 Å². The topological polar surface area (TPSA) is 56.8 Å². The van der Waals surface area contributed by atoms with Gasteiger partial charge >= 0.3 is 6.18 Å². The highest BCUT2D eigenvalue weighted by Gasteiger charge is 2.33. The SMILES string of the molecule is COc1ccc(CC(=O)Nc2ccc(-c3ccccc3C(F)(F)F)cc2)c(OC)c1OC. The van der Waals surface area contributed by atoms with Gasteiger partial charge in [0.05, 0.1) is 33.3 Å². The lowest BCUT2D eigenvalue weighted by Gasteiger charge is -2.16. The van der Waals surface area contributed by atoms with Crippen LogP contribution in [0, 0.1) is 0 Å². The number of carbonyl (C=O) groups is 1. The molecule has 0 unspecified atom stereocenters. The van der Waals surface area contributed by atoms with Crippen LogP contribution in [0.4, 0.5) is 18.9 Å². The van der Waals surface area contributed by atoms with Gasteiger partial charge in [-0.15, -0.1) is 0 Å². The molecule has 8 heteroatoms. The number of carbonyl (C=O) groups excluding carboxylic acids is 1. The van der Waals surface area contributed by atoms with Crippen molar-refractivity contribution in [2.24, 2.45) is 0 Å². The second-order valence-electron chi connectivity index (χ2n) is 6.84. The van der Waals surface area contributed by atoms with Gasteiger partial charge in [-0.05, 0) is 35.4 Å². The molecule has 3 aromatic carbocycles. The van der Waals surface area contributed by atoms with E-state index in [0.717, 1.165) is 6.07 Å². The average molecular weight is 445 g/mol. The molecule has 1 N–H and O–H groups in total. The number of hydrogen-bond acceptors (Lipinski definition) is 4. The predicted molar refractivity (Wildman–Crippen MR) is 115 cm³/mol. The van der Waals surface area contributed by atoms with Gasteiger partial charge < -0.3 is 19.5 Å². The van der Waals surface area contributed by atoms with E-state index in [1.807, 2.05) is 0 Å². The third kappa shape index (κ3) is 4.96. The van der Waals surface area contributed by atoms with Crippen LogP contribution in [0.3, 0.4) is 0 Å². The lowest BCUT2D eigenvalue weighted by Crippen LogP contribution is -2.15. The first-order valence-corrected chi connectivity index (χ1v) is 9.62. The summed E-state index contributed by atoms with van der Waals surface area (Å²) in [5.41, 5.74) is 0.823. The van der Waals surface area contributed by atoms with E-state index in [4.69, 9.17) is 14.2 Å². The molecule has 0 heterocycles. The van der Waals surface area contributed by atoms with Gasteiger partial charge in [-0.3, -0.25) is 4.79 Å². The third-order valence-electron chi connectivity index (χ3n) is 4.85. The minimum atomic E-state index is -4.46. The zero-order chi connectivity index (χ0) is 23.3. The first kappa shape index (κ1) is 23.0. The molecule has 0 atom stereocenters. The minimum absolute atomic E-state index is 0.00217. The first-order valence-electron chi connectivity index (χ1n) is 9.62. The molecule has 0 aromatic heterocycles. The number of amides is 1. The molecule has 0 radical (unpaired) electrons. The van der Waals surface area contributed by atoms with Gasteiger partial charge in [-0.2, -0.15) is 13.2 Å². The summed E-state index contributed by atoms with van der Waals surface area (Å²) < 4.78 is 55.8. The standard InChI is InChI=1S/C24H22F3NO4/c1-30-20-13-10-16(22(31-2)23(20)32-3)14-21(29)28-17-11-8-15(9-12-17)18-6-4-5-7-19(18)24(25,26)27/h4-13H,14H2,1-3H3,(H,28,29). The molecule has 0 saturated carbocycles. The van der Waals surface area contributed by atoms with Gasteiger partial charge in [-0.25, -0.2) is 0 Å². The van der Waals surface area contributed by atoms with Gasteiger partial charge in [0.25, 0.3) is 0 Å². The van der Waals surface area contributed by atoms with Crippen molar-refractivity contribution in [2.75, 3.05) is 26.6 Å².